The first kappa shape index (κ1) is 27.9. The largest absolute Gasteiger partial charge is 0.480 e. The summed E-state index contributed by atoms with van der Waals surface area (Å²) in [4.78, 5) is 56.9. The van der Waals surface area contributed by atoms with Gasteiger partial charge in [0.1, 0.15) is 18.1 Å². The molecule has 35 heavy (non-hydrogen) atoms. The lowest BCUT2D eigenvalue weighted by molar-refractivity contribution is -0.142. The second-order valence-corrected chi connectivity index (χ2v) is 8.81. The number of nitrogens with one attached hydrogen (secondary N) is 4. The number of thiol groups is 1. The molecule has 1 aromatic carbocycles. The molecule has 0 saturated carbocycles. The zero-order valence-corrected chi connectivity index (χ0v) is 20.5. The van der Waals surface area contributed by atoms with Gasteiger partial charge in [-0.2, -0.15) is 12.6 Å². The number of carboxylic acid groups (broad SMARTS) is 1. The molecule has 0 aliphatic rings. The van der Waals surface area contributed by atoms with Crippen LogP contribution in [0.1, 0.15) is 25.1 Å². The normalized spacial score (nSPS) is 14.4. The van der Waals surface area contributed by atoms with Crippen molar-refractivity contribution in [3.05, 3.63) is 54.1 Å². The number of nitrogens with zero attached hydrogens (tertiary/aromatic N) is 1. The number of aromatic amines is 1. The molecule has 12 heteroatoms. The van der Waals surface area contributed by atoms with E-state index in [0.29, 0.717) is 5.69 Å². The topological polar surface area (TPSA) is 179 Å². The van der Waals surface area contributed by atoms with Crippen molar-refractivity contribution in [2.75, 3.05) is 5.75 Å². The molecular weight excluding hydrogens is 472 g/mol. The number of rotatable bonds is 13. The number of nitrogens with two attached hydrogens (primary N) is 1. The summed E-state index contributed by atoms with van der Waals surface area (Å²) in [6.45, 7) is 3.56. The summed E-state index contributed by atoms with van der Waals surface area (Å²) in [5.74, 6) is -3.32. The first-order valence-electron chi connectivity index (χ1n) is 11.1. The summed E-state index contributed by atoms with van der Waals surface area (Å²) in [5, 5.41) is 17.2. The van der Waals surface area contributed by atoms with Crippen LogP contribution in [0, 0.1) is 5.92 Å². The van der Waals surface area contributed by atoms with Crippen molar-refractivity contribution >= 4 is 36.3 Å². The number of aromatic nitrogens is 2. The SMILES string of the molecule is CC(C)C(N)C(=O)NC(Cc1cnc[nH]1)C(=O)NC(CS)C(=O)NC(Cc1ccccc1)C(=O)O. The smallest absolute Gasteiger partial charge is 0.326 e. The van der Waals surface area contributed by atoms with Gasteiger partial charge in [0.2, 0.25) is 17.7 Å². The van der Waals surface area contributed by atoms with Crippen LogP contribution >= 0.6 is 12.6 Å². The maximum Gasteiger partial charge on any atom is 0.326 e. The van der Waals surface area contributed by atoms with E-state index in [0.717, 1.165) is 5.56 Å². The van der Waals surface area contributed by atoms with E-state index in [4.69, 9.17) is 5.73 Å². The van der Waals surface area contributed by atoms with Gasteiger partial charge in [-0.3, -0.25) is 14.4 Å². The fourth-order valence-electron chi connectivity index (χ4n) is 3.18. The van der Waals surface area contributed by atoms with Gasteiger partial charge in [-0.25, -0.2) is 9.78 Å². The van der Waals surface area contributed by atoms with Gasteiger partial charge >= 0.3 is 5.97 Å². The molecule has 0 saturated heterocycles. The number of carboxylic acids is 1. The molecule has 0 radical (unpaired) electrons. The summed E-state index contributed by atoms with van der Waals surface area (Å²) in [7, 11) is 0. The number of carbonyl (C=O) groups excluding carboxylic acids is 3. The standard InChI is InChI=1S/C23H32N6O5S/c1-13(2)19(24)22(32)27-16(9-15-10-25-12-26-15)20(30)29-18(11-35)21(31)28-17(23(33)34)8-14-6-4-3-5-7-14/h3-7,10,12-13,16-19,35H,8-9,11,24H2,1-2H3,(H,25,26)(H,27,32)(H,28,31)(H,29,30)(H,33,34). The molecule has 2 aromatic rings. The second-order valence-electron chi connectivity index (χ2n) is 8.44. The molecule has 11 nitrogen and oxygen atoms in total. The van der Waals surface area contributed by atoms with E-state index in [1.807, 2.05) is 0 Å². The van der Waals surface area contributed by atoms with Crippen LogP contribution < -0.4 is 21.7 Å². The lowest BCUT2D eigenvalue weighted by Gasteiger charge is -2.25. The van der Waals surface area contributed by atoms with Crippen LogP contribution in [0.3, 0.4) is 0 Å². The van der Waals surface area contributed by atoms with Crippen LogP contribution in [0.25, 0.3) is 0 Å². The number of H-pyrrole nitrogens is 1. The van der Waals surface area contributed by atoms with E-state index in [2.05, 4.69) is 38.5 Å². The Balaban J connectivity index is 2.10. The maximum absolute atomic E-state index is 13.1. The van der Waals surface area contributed by atoms with Gasteiger partial charge in [-0.15, -0.1) is 0 Å². The Morgan fingerprint density at radius 3 is 2.11 bits per heavy atom. The van der Waals surface area contributed by atoms with Crippen molar-refractivity contribution in [1.82, 2.24) is 25.9 Å². The molecular formula is C23H32N6O5S. The highest BCUT2D eigenvalue weighted by Gasteiger charge is 2.30. The van der Waals surface area contributed by atoms with E-state index in [1.54, 1.807) is 44.2 Å². The van der Waals surface area contributed by atoms with Gasteiger partial charge in [-0.1, -0.05) is 44.2 Å². The first-order valence-corrected chi connectivity index (χ1v) is 11.8. The van der Waals surface area contributed by atoms with E-state index < -0.39 is 47.9 Å². The average molecular weight is 505 g/mol. The zero-order chi connectivity index (χ0) is 26.0. The zero-order valence-electron chi connectivity index (χ0n) is 19.6. The predicted octanol–water partition coefficient (Wildman–Crippen LogP) is -0.353. The summed E-state index contributed by atoms with van der Waals surface area (Å²) in [6.07, 6.45) is 3.10. The Kier molecular flexibility index (Phi) is 10.7. The van der Waals surface area contributed by atoms with E-state index in [1.165, 1.54) is 12.5 Å². The third-order valence-electron chi connectivity index (χ3n) is 5.35. The van der Waals surface area contributed by atoms with E-state index in [-0.39, 0.29) is 24.5 Å². The van der Waals surface area contributed by atoms with Crippen molar-refractivity contribution in [3.8, 4) is 0 Å². The Hall–Kier alpha value is -3.38. The molecule has 4 unspecified atom stereocenters. The number of hydrogen-bond donors (Lipinski definition) is 7. The van der Waals surface area contributed by atoms with Gasteiger partial charge in [0.15, 0.2) is 0 Å². The number of hydrogen-bond acceptors (Lipinski definition) is 7. The molecule has 0 bridgehead atoms. The lowest BCUT2D eigenvalue weighted by Crippen LogP contribution is -2.58. The lowest BCUT2D eigenvalue weighted by atomic mass is 10.0. The highest BCUT2D eigenvalue weighted by Crippen LogP contribution is 2.06. The highest BCUT2D eigenvalue weighted by atomic mass is 32.1. The number of amides is 3. The van der Waals surface area contributed by atoms with Crippen LogP contribution in [0.15, 0.2) is 42.9 Å². The van der Waals surface area contributed by atoms with Crippen molar-refractivity contribution in [1.29, 1.82) is 0 Å². The van der Waals surface area contributed by atoms with Gasteiger partial charge in [0.05, 0.1) is 12.4 Å². The molecule has 0 aliphatic carbocycles. The summed E-state index contributed by atoms with van der Waals surface area (Å²) in [6, 6.07) is 4.63. The van der Waals surface area contributed by atoms with Crippen LogP contribution in [-0.2, 0) is 32.0 Å². The van der Waals surface area contributed by atoms with Gasteiger partial charge in [0, 0.05) is 30.5 Å². The molecule has 1 aromatic heterocycles. The van der Waals surface area contributed by atoms with Crippen molar-refractivity contribution in [2.45, 2.75) is 50.9 Å². The molecule has 190 valence electrons. The third-order valence-corrected chi connectivity index (χ3v) is 5.71. The van der Waals surface area contributed by atoms with Crippen LogP contribution in [-0.4, -0.2) is 68.7 Å². The van der Waals surface area contributed by atoms with E-state index >= 15 is 0 Å². The molecule has 0 aliphatic heterocycles. The second kappa shape index (κ2) is 13.5. The fraction of sp³-hybridized carbons (Fsp3) is 0.435. The van der Waals surface area contributed by atoms with Crippen LogP contribution in [0.2, 0.25) is 0 Å². The van der Waals surface area contributed by atoms with Gasteiger partial charge in [-0.05, 0) is 11.5 Å². The molecule has 2 rings (SSSR count). The van der Waals surface area contributed by atoms with Crippen molar-refractivity contribution in [2.24, 2.45) is 11.7 Å². The fourth-order valence-corrected chi connectivity index (χ4v) is 3.44. The molecule has 7 N–H and O–H groups in total. The average Bonchev–Trinajstić information content (AvgIpc) is 3.34. The number of aliphatic carboxylic acids is 1. The minimum atomic E-state index is -1.21. The highest BCUT2D eigenvalue weighted by molar-refractivity contribution is 7.80. The summed E-state index contributed by atoms with van der Waals surface area (Å²) in [5.41, 5.74) is 7.23. The van der Waals surface area contributed by atoms with Crippen LogP contribution in [0.5, 0.6) is 0 Å². The maximum atomic E-state index is 13.1. The number of carbonyl (C=O) groups is 4. The minimum Gasteiger partial charge on any atom is -0.480 e. The van der Waals surface area contributed by atoms with Crippen molar-refractivity contribution < 1.29 is 24.3 Å². The van der Waals surface area contributed by atoms with Crippen LogP contribution in [0.4, 0.5) is 0 Å². The van der Waals surface area contributed by atoms with Crippen molar-refractivity contribution in [3.63, 3.8) is 0 Å². The monoisotopic (exact) mass is 504 g/mol. The molecule has 3 amide bonds. The number of imidazole rings is 1. The summed E-state index contributed by atoms with van der Waals surface area (Å²) < 4.78 is 0. The summed E-state index contributed by atoms with van der Waals surface area (Å²) >= 11 is 4.14. The van der Waals surface area contributed by atoms with E-state index in [9.17, 15) is 24.3 Å². The van der Waals surface area contributed by atoms with Gasteiger partial charge < -0.3 is 31.8 Å². The first-order chi connectivity index (χ1) is 16.6. The number of benzene rings is 1. The molecule has 0 spiro atoms. The molecule has 0 fully saturated rings. The molecule has 1 heterocycles. The predicted molar refractivity (Wildman–Crippen MR) is 133 cm³/mol. The quantitative estimate of drug-likeness (QED) is 0.182. The molecule has 4 atom stereocenters. The Labute approximate surface area is 209 Å². The Bertz CT molecular complexity index is 986. The third kappa shape index (κ3) is 8.72. The van der Waals surface area contributed by atoms with Gasteiger partial charge in [0.25, 0.3) is 0 Å². The Morgan fingerprint density at radius 1 is 0.971 bits per heavy atom. The Morgan fingerprint density at radius 2 is 1.57 bits per heavy atom. The minimum absolute atomic E-state index is 0.0702.